The predicted octanol–water partition coefficient (Wildman–Crippen LogP) is 0.682. The summed E-state index contributed by atoms with van der Waals surface area (Å²) in [7, 11) is 1.60. The van der Waals surface area contributed by atoms with Crippen LogP contribution in [0.1, 0.15) is 18.7 Å². The topological polar surface area (TPSA) is 120 Å². The molecule has 0 saturated carbocycles. The van der Waals surface area contributed by atoms with Crippen molar-refractivity contribution in [1.82, 2.24) is 9.55 Å². The molecule has 0 unspecified atom stereocenters. The van der Waals surface area contributed by atoms with Crippen LogP contribution in [0.25, 0.3) is 0 Å². The molecule has 0 atom stereocenters. The van der Waals surface area contributed by atoms with Crippen LogP contribution in [-0.2, 0) is 16.6 Å². The zero-order chi connectivity index (χ0) is 14.9. The molecule has 9 heteroatoms. The van der Waals surface area contributed by atoms with Crippen LogP contribution in [0, 0.1) is 17.0 Å². The lowest BCUT2D eigenvalue weighted by Crippen LogP contribution is -2.51. The summed E-state index contributed by atoms with van der Waals surface area (Å²) in [5, 5.41) is 23.3. The van der Waals surface area contributed by atoms with Gasteiger partial charge < -0.3 is 25.3 Å². The van der Waals surface area contributed by atoms with E-state index in [-0.39, 0.29) is 24.5 Å². The maximum Gasteiger partial charge on any atom is 0.406 e. The number of nitrogens with one attached hydrogen (secondary N) is 1. The largest absolute Gasteiger partial charge is 0.480 e. The van der Waals surface area contributed by atoms with Gasteiger partial charge in [0.05, 0.1) is 0 Å². The highest BCUT2D eigenvalue weighted by Gasteiger charge is 2.43. The Morgan fingerprint density at radius 3 is 2.65 bits per heavy atom. The number of rotatable bonds is 4. The Morgan fingerprint density at radius 1 is 1.55 bits per heavy atom. The minimum atomic E-state index is -1.26. The number of hydrogen-bond acceptors (Lipinski definition) is 6. The minimum absolute atomic E-state index is 0.108. The number of aromatic nitrogens is 2. The summed E-state index contributed by atoms with van der Waals surface area (Å²) >= 11 is 0. The van der Waals surface area contributed by atoms with Crippen LogP contribution in [0.2, 0.25) is 0 Å². The Kier molecular flexibility index (Phi) is 3.62. The molecule has 0 radical (unpaired) electrons. The van der Waals surface area contributed by atoms with E-state index in [9.17, 15) is 20.0 Å². The molecule has 1 aliphatic heterocycles. The van der Waals surface area contributed by atoms with Gasteiger partial charge in [0.1, 0.15) is 5.54 Å². The Labute approximate surface area is 114 Å². The number of carboxylic acid groups (broad SMARTS) is 1. The van der Waals surface area contributed by atoms with Gasteiger partial charge in [-0.15, -0.1) is 0 Å². The molecule has 2 heterocycles. The summed E-state index contributed by atoms with van der Waals surface area (Å²) < 4.78 is 6.65. The second-order valence-electron chi connectivity index (χ2n) is 4.77. The number of hydrogen-bond donors (Lipinski definition) is 2. The standard InChI is InChI=1S/C11H16N4O5/c1-7-12-8(15(18)19)9(14(7)2)13-11(10(16)17)3-5-20-6-4-11/h13H,3-6H2,1-2H3,(H,16,17). The smallest absolute Gasteiger partial charge is 0.406 e. The molecular weight excluding hydrogens is 268 g/mol. The van der Waals surface area contributed by atoms with Crippen LogP contribution in [0.3, 0.4) is 0 Å². The summed E-state index contributed by atoms with van der Waals surface area (Å²) in [6.45, 7) is 2.21. The monoisotopic (exact) mass is 284 g/mol. The first kappa shape index (κ1) is 14.3. The van der Waals surface area contributed by atoms with Gasteiger partial charge in [0.15, 0.2) is 0 Å². The Morgan fingerprint density at radius 2 is 2.15 bits per heavy atom. The van der Waals surface area contributed by atoms with E-state index < -0.39 is 16.4 Å². The van der Waals surface area contributed by atoms with Crippen LogP contribution in [0.15, 0.2) is 0 Å². The van der Waals surface area contributed by atoms with Gasteiger partial charge in [0, 0.05) is 40.0 Å². The summed E-state index contributed by atoms with van der Waals surface area (Å²) in [6, 6.07) is 0. The van der Waals surface area contributed by atoms with E-state index in [4.69, 9.17) is 4.74 Å². The maximum absolute atomic E-state index is 11.6. The number of aliphatic carboxylic acids is 1. The predicted molar refractivity (Wildman–Crippen MR) is 68.6 cm³/mol. The summed E-state index contributed by atoms with van der Waals surface area (Å²) in [4.78, 5) is 25.8. The van der Waals surface area contributed by atoms with Crippen molar-refractivity contribution in [2.75, 3.05) is 18.5 Å². The highest BCUT2D eigenvalue weighted by atomic mass is 16.6. The van der Waals surface area contributed by atoms with E-state index >= 15 is 0 Å². The number of carboxylic acids is 1. The van der Waals surface area contributed by atoms with Crippen molar-refractivity contribution in [3.05, 3.63) is 15.9 Å². The van der Waals surface area contributed by atoms with Crippen molar-refractivity contribution < 1.29 is 19.6 Å². The van der Waals surface area contributed by atoms with Gasteiger partial charge in [-0.3, -0.25) is 4.57 Å². The van der Waals surface area contributed by atoms with Crippen LogP contribution in [0.4, 0.5) is 11.6 Å². The van der Waals surface area contributed by atoms with Crippen LogP contribution < -0.4 is 5.32 Å². The third kappa shape index (κ3) is 2.31. The van der Waals surface area contributed by atoms with Crippen molar-refractivity contribution in [3.63, 3.8) is 0 Å². The second-order valence-corrected chi connectivity index (χ2v) is 4.77. The number of carbonyl (C=O) groups is 1. The zero-order valence-electron chi connectivity index (χ0n) is 11.3. The second kappa shape index (κ2) is 5.08. The molecule has 1 aliphatic rings. The van der Waals surface area contributed by atoms with Gasteiger partial charge in [0.2, 0.25) is 11.6 Å². The van der Waals surface area contributed by atoms with Gasteiger partial charge in [-0.2, -0.15) is 0 Å². The third-order valence-electron chi connectivity index (χ3n) is 3.59. The van der Waals surface area contributed by atoms with Crippen LogP contribution in [-0.4, -0.2) is 44.3 Å². The van der Waals surface area contributed by atoms with E-state index in [1.54, 1.807) is 14.0 Å². The fraction of sp³-hybridized carbons (Fsp3) is 0.636. The van der Waals surface area contributed by atoms with Gasteiger partial charge in [0.25, 0.3) is 0 Å². The molecule has 1 fully saturated rings. The molecule has 0 aliphatic carbocycles. The summed E-state index contributed by atoms with van der Waals surface area (Å²) in [5.41, 5.74) is -1.26. The quantitative estimate of drug-likeness (QED) is 0.616. The van der Waals surface area contributed by atoms with E-state index in [1.807, 2.05) is 0 Å². The lowest BCUT2D eigenvalue weighted by Gasteiger charge is -2.34. The molecule has 0 aromatic carbocycles. The number of ether oxygens (including phenoxy) is 1. The number of nitrogens with zero attached hydrogens (tertiary/aromatic N) is 3. The normalized spacial score (nSPS) is 17.7. The number of imidazole rings is 1. The van der Waals surface area contributed by atoms with Gasteiger partial charge in [-0.05, 0) is 9.91 Å². The summed E-state index contributed by atoms with van der Waals surface area (Å²) in [5.74, 6) is -0.866. The molecule has 1 aromatic rings. The molecular formula is C11H16N4O5. The summed E-state index contributed by atoms with van der Waals surface area (Å²) in [6.07, 6.45) is 0.480. The van der Waals surface area contributed by atoms with E-state index in [0.717, 1.165) is 0 Å². The van der Waals surface area contributed by atoms with E-state index in [1.165, 1.54) is 4.57 Å². The molecule has 2 N–H and O–H groups in total. The Bertz CT molecular complexity index is 547. The van der Waals surface area contributed by atoms with Crippen molar-refractivity contribution in [3.8, 4) is 0 Å². The average Bonchev–Trinajstić information content (AvgIpc) is 2.68. The van der Waals surface area contributed by atoms with Crippen molar-refractivity contribution in [1.29, 1.82) is 0 Å². The van der Waals surface area contributed by atoms with E-state index in [0.29, 0.717) is 19.0 Å². The molecule has 2 rings (SSSR count). The number of anilines is 1. The first-order valence-corrected chi connectivity index (χ1v) is 6.14. The SMILES string of the molecule is Cc1nc([N+](=O)[O-])c(NC2(C(=O)O)CCOCC2)n1C. The highest BCUT2D eigenvalue weighted by Crippen LogP contribution is 2.31. The molecule has 1 aromatic heterocycles. The average molecular weight is 284 g/mol. The minimum Gasteiger partial charge on any atom is -0.480 e. The van der Waals surface area contributed by atoms with Gasteiger partial charge in [-0.25, -0.2) is 4.79 Å². The van der Waals surface area contributed by atoms with Gasteiger partial charge in [-0.1, -0.05) is 0 Å². The lowest BCUT2D eigenvalue weighted by molar-refractivity contribution is -0.388. The molecule has 1 saturated heterocycles. The first-order valence-electron chi connectivity index (χ1n) is 6.14. The van der Waals surface area contributed by atoms with Crippen LogP contribution in [0.5, 0.6) is 0 Å². The number of nitro groups is 1. The Hall–Kier alpha value is -2.16. The molecule has 0 spiro atoms. The van der Waals surface area contributed by atoms with E-state index in [2.05, 4.69) is 10.3 Å². The van der Waals surface area contributed by atoms with Crippen LogP contribution >= 0.6 is 0 Å². The molecule has 0 amide bonds. The highest BCUT2D eigenvalue weighted by molar-refractivity contribution is 5.83. The first-order chi connectivity index (χ1) is 9.37. The fourth-order valence-electron chi connectivity index (χ4n) is 2.20. The Balaban J connectivity index is 2.41. The maximum atomic E-state index is 11.6. The number of aryl methyl sites for hydroxylation is 1. The molecule has 20 heavy (non-hydrogen) atoms. The fourth-order valence-corrected chi connectivity index (χ4v) is 2.20. The molecule has 0 bridgehead atoms. The molecule has 9 nitrogen and oxygen atoms in total. The third-order valence-corrected chi connectivity index (χ3v) is 3.59. The van der Waals surface area contributed by atoms with Crippen molar-refractivity contribution >= 4 is 17.6 Å². The van der Waals surface area contributed by atoms with Gasteiger partial charge >= 0.3 is 11.8 Å². The molecule has 110 valence electrons. The lowest BCUT2D eigenvalue weighted by atomic mass is 9.90. The zero-order valence-corrected chi connectivity index (χ0v) is 11.3. The van der Waals surface area contributed by atoms with Crippen molar-refractivity contribution in [2.24, 2.45) is 7.05 Å². The van der Waals surface area contributed by atoms with Crippen molar-refractivity contribution in [2.45, 2.75) is 25.3 Å².